The van der Waals surface area contributed by atoms with Gasteiger partial charge in [0.15, 0.2) is 0 Å². The molecule has 1 heterocycles. The van der Waals surface area contributed by atoms with Crippen molar-refractivity contribution in [1.29, 1.82) is 0 Å². The molecule has 84 valence electrons. The largest absolute Gasteiger partial charge is 0.336 e. The molecule has 0 aliphatic heterocycles. The summed E-state index contributed by atoms with van der Waals surface area (Å²) in [6, 6.07) is 4.30. The minimum atomic E-state index is -0.319. The first kappa shape index (κ1) is 10.8. The highest BCUT2D eigenvalue weighted by molar-refractivity contribution is 5.32. The summed E-state index contributed by atoms with van der Waals surface area (Å²) in [6.07, 6.45) is 3.54. The molecule has 0 bridgehead atoms. The Hall–Kier alpha value is -1.68. The Labute approximate surface area is 93.7 Å². The van der Waals surface area contributed by atoms with Crippen LogP contribution in [0.5, 0.6) is 0 Å². The predicted octanol–water partition coefficient (Wildman–Crippen LogP) is 1.92. The smallest absolute Gasteiger partial charge is 0.129 e. The number of aryl methyl sites for hydroxylation is 2. The molecule has 0 aliphatic rings. The summed E-state index contributed by atoms with van der Waals surface area (Å²) in [5.74, 6) is 0.531. The summed E-state index contributed by atoms with van der Waals surface area (Å²) in [4.78, 5) is 4.20. The van der Waals surface area contributed by atoms with Gasteiger partial charge in [-0.05, 0) is 30.2 Å². The quantitative estimate of drug-likeness (QED) is 0.838. The molecule has 0 saturated carbocycles. The fourth-order valence-electron chi connectivity index (χ4n) is 1.80. The summed E-state index contributed by atoms with van der Waals surface area (Å²) in [5, 5.41) is 0. The van der Waals surface area contributed by atoms with Gasteiger partial charge < -0.3 is 10.3 Å². The number of benzene rings is 1. The van der Waals surface area contributed by atoms with E-state index in [4.69, 9.17) is 5.73 Å². The van der Waals surface area contributed by atoms with Crippen molar-refractivity contribution in [2.24, 2.45) is 12.8 Å². The summed E-state index contributed by atoms with van der Waals surface area (Å²) in [7, 11) is 1.89. The third-order valence-electron chi connectivity index (χ3n) is 2.70. The zero-order chi connectivity index (χ0) is 11.7. The average molecular weight is 219 g/mol. The van der Waals surface area contributed by atoms with E-state index in [-0.39, 0.29) is 11.9 Å². The van der Waals surface area contributed by atoms with Gasteiger partial charge >= 0.3 is 0 Å². The highest BCUT2D eigenvalue weighted by atomic mass is 19.1. The van der Waals surface area contributed by atoms with Gasteiger partial charge in [0.2, 0.25) is 0 Å². The molecular formula is C12H14FN3. The number of nitrogens with two attached hydrogens (primary N) is 1. The van der Waals surface area contributed by atoms with Crippen molar-refractivity contribution in [1.82, 2.24) is 9.55 Å². The molecule has 0 saturated heterocycles. The summed E-state index contributed by atoms with van der Waals surface area (Å²) in [6.45, 7) is 1.85. The van der Waals surface area contributed by atoms with Crippen molar-refractivity contribution in [3.63, 3.8) is 0 Å². The second-order valence-corrected chi connectivity index (χ2v) is 3.87. The van der Waals surface area contributed by atoms with Gasteiger partial charge in [-0.1, -0.05) is 6.07 Å². The van der Waals surface area contributed by atoms with Gasteiger partial charge in [-0.3, -0.25) is 0 Å². The number of halogens is 1. The first-order valence-corrected chi connectivity index (χ1v) is 5.08. The van der Waals surface area contributed by atoms with Gasteiger partial charge in [-0.15, -0.1) is 0 Å². The lowest BCUT2D eigenvalue weighted by molar-refractivity contribution is 0.623. The fourth-order valence-corrected chi connectivity index (χ4v) is 1.80. The van der Waals surface area contributed by atoms with E-state index in [1.54, 1.807) is 12.3 Å². The molecule has 1 aromatic carbocycles. The van der Waals surface area contributed by atoms with Gasteiger partial charge in [0.25, 0.3) is 0 Å². The molecule has 0 radical (unpaired) electrons. The summed E-state index contributed by atoms with van der Waals surface area (Å²) >= 11 is 0. The monoisotopic (exact) mass is 219 g/mol. The normalized spacial score (nSPS) is 12.8. The molecule has 1 aromatic heterocycles. The average Bonchev–Trinajstić information content (AvgIpc) is 2.63. The number of rotatable bonds is 2. The number of nitrogens with zero attached hydrogens (tertiary/aromatic N) is 2. The van der Waals surface area contributed by atoms with E-state index in [1.807, 2.05) is 24.7 Å². The van der Waals surface area contributed by atoms with Crippen molar-refractivity contribution in [2.75, 3.05) is 0 Å². The highest BCUT2D eigenvalue weighted by Crippen LogP contribution is 2.21. The molecular weight excluding hydrogens is 205 g/mol. The van der Waals surface area contributed by atoms with E-state index in [2.05, 4.69) is 4.98 Å². The Balaban J connectivity index is 2.41. The van der Waals surface area contributed by atoms with Crippen LogP contribution < -0.4 is 5.73 Å². The molecule has 0 spiro atoms. The number of hydrogen-bond donors (Lipinski definition) is 1. The molecule has 2 rings (SSSR count). The molecule has 0 aliphatic carbocycles. The number of aromatic nitrogens is 2. The summed E-state index contributed by atoms with van der Waals surface area (Å²) in [5.41, 5.74) is 7.85. The Morgan fingerprint density at radius 2 is 2.19 bits per heavy atom. The van der Waals surface area contributed by atoms with Gasteiger partial charge in [0.1, 0.15) is 11.6 Å². The minimum absolute atomic E-state index is 0.242. The minimum Gasteiger partial charge on any atom is -0.336 e. The van der Waals surface area contributed by atoms with E-state index in [0.29, 0.717) is 0 Å². The van der Waals surface area contributed by atoms with Gasteiger partial charge in [0.05, 0.1) is 6.04 Å². The topological polar surface area (TPSA) is 43.8 Å². The molecule has 0 amide bonds. The molecule has 2 aromatic rings. The van der Waals surface area contributed by atoms with Gasteiger partial charge in [0, 0.05) is 19.4 Å². The van der Waals surface area contributed by atoms with E-state index in [0.717, 1.165) is 17.0 Å². The van der Waals surface area contributed by atoms with E-state index < -0.39 is 0 Å². The van der Waals surface area contributed by atoms with Crippen molar-refractivity contribution in [3.8, 4) is 0 Å². The van der Waals surface area contributed by atoms with Crippen molar-refractivity contribution >= 4 is 0 Å². The van der Waals surface area contributed by atoms with Crippen molar-refractivity contribution in [2.45, 2.75) is 13.0 Å². The van der Waals surface area contributed by atoms with Crippen LogP contribution in [0.4, 0.5) is 4.39 Å². The molecule has 3 nitrogen and oxygen atoms in total. The maximum Gasteiger partial charge on any atom is 0.129 e. The molecule has 1 unspecified atom stereocenters. The standard InChI is InChI=1S/C12H14FN3/c1-8-7-9(13)3-4-10(8)11(14)12-15-5-6-16(12)2/h3-7,11H,14H2,1-2H3. The highest BCUT2D eigenvalue weighted by Gasteiger charge is 2.15. The zero-order valence-electron chi connectivity index (χ0n) is 9.31. The Kier molecular flexibility index (Phi) is 2.75. The van der Waals surface area contributed by atoms with E-state index in [1.165, 1.54) is 12.1 Å². The van der Waals surface area contributed by atoms with Crippen LogP contribution in [0.1, 0.15) is 23.0 Å². The Morgan fingerprint density at radius 1 is 1.44 bits per heavy atom. The summed E-state index contributed by atoms with van der Waals surface area (Å²) < 4.78 is 14.8. The molecule has 1 atom stereocenters. The van der Waals surface area contributed by atoms with Crippen LogP contribution in [0.15, 0.2) is 30.6 Å². The number of hydrogen-bond acceptors (Lipinski definition) is 2. The van der Waals surface area contributed by atoms with Crippen LogP contribution in [0.25, 0.3) is 0 Å². The van der Waals surface area contributed by atoms with Gasteiger partial charge in [-0.25, -0.2) is 9.37 Å². The SMILES string of the molecule is Cc1cc(F)ccc1C(N)c1nccn1C. The second-order valence-electron chi connectivity index (χ2n) is 3.87. The Bertz CT molecular complexity index is 505. The molecule has 0 fully saturated rings. The fraction of sp³-hybridized carbons (Fsp3) is 0.250. The van der Waals surface area contributed by atoms with Crippen LogP contribution in [-0.2, 0) is 7.05 Å². The predicted molar refractivity (Wildman–Crippen MR) is 60.4 cm³/mol. The molecule has 2 N–H and O–H groups in total. The Morgan fingerprint density at radius 3 is 2.75 bits per heavy atom. The van der Waals surface area contributed by atoms with E-state index in [9.17, 15) is 4.39 Å². The first-order valence-electron chi connectivity index (χ1n) is 5.08. The molecule has 4 heteroatoms. The second kappa shape index (κ2) is 4.06. The zero-order valence-corrected chi connectivity index (χ0v) is 9.31. The van der Waals surface area contributed by atoms with Crippen LogP contribution in [0.2, 0.25) is 0 Å². The third kappa shape index (κ3) is 1.84. The first-order chi connectivity index (χ1) is 7.59. The lowest BCUT2D eigenvalue weighted by Gasteiger charge is -2.14. The van der Waals surface area contributed by atoms with Crippen LogP contribution in [0.3, 0.4) is 0 Å². The third-order valence-corrected chi connectivity index (χ3v) is 2.70. The maximum atomic E-state index is 13.0. The number of imidazole rings is 1. The van der Waals surface area contributed by atoms with E-state index >= 15 is 0 Å². The van der Waals surface area contributed by atoms with Crippen LogP contribution in [-0.4, -0.2) is 9.55 Å². The molecule has 16 heavy (non-hydrogen) atoms. The van der Waals surface area contributed by atoms with Crippen molar-refractivity contribution < 1.29 is 4.39 Å². The lowest BCUT2D eigenvalue weighted by Crippen LogP contribution is -2.17. The lowest BCUT2D eigenvalue weighted by atomic mass is 10.0. The maximum absolute atomic E-state index is 13.0. The van der Waals surface area contributed by atoms with Crippen LogP contribution >= 0.6 is 0 Å². The van der Waals surface area contributed by atoms with Crippen LogP contribution in [0, 0.1) is 12.7 Å². The van der Waals surface area contributed by atoms with Crippen molar-refractivity contribution in [3.05, 3.63) is 53.4 Å². The van der Waals surface area contributed by atoms with Gasteiger partial charge in [-0.2, -0.15) is 0 Å².